The molecule has 1 aromatic carbocycles. The summed E-state index contributed by atoms with van der Waals surface area (Å²) in [6.07, 6.45) is 12.1. The summed E-state index contributed by atoms with van der Waals surface area (Å²) < 4.78 is 13.0. The first-order valence-corrected chi connectivity index (χ1v) is 14.0. The first-order chi connectivity index (χ1) is 16.2. The molecule has 6 atom stereocenters. The van der Waals surface area contributed by atoms with E-state index in [1.807, 2.05) is 11.6 Å². The molecule has 0 aromatic heterocycles. The lowest BCUT2D eigenvalue weighted by Crippen LogP contribution is -2.51. The van der Waals surface area contributed by atoms with Crippen LogP contribution < -0.4 is 0 Å². The summed E-state index contributed by atoms with van der Waals surface area (Å²) in [5.74, 6) is 3.36. The molecular formula is C32H44O2. The van der Waals surface area contributed by atoms with E-state index in [2.05, 4.69) is 58.5 Å². The second-order valence-corrected chi connectivity index (χ2v) is 13.4. The quantitative estimate of drug-likeness (QED) is 0.415. The Balaban J connectivity index is 1.38. The van der Waals surface area contributed by atoms with Crippen LogP contribution in [0.4, 0.5) is 0 Å². The molecule has 4 fully saturated rings. The molecule has 6 unspecified atom stereocenters. The Labute approximate surface area is 207 Å². The van der Waals surface area contributed by atoms with Gasteiger partial charge in [0.2, 0.25) is 0 Å². The predicted octanol–water partition coefficient (Wildman–Crippen LogP) is 8.15. The number of fused-ring (bicyclic) bond motifs is 4. The van der Waals surface area contributed by atoms with Gasteiger partial charge in [-0.05, 0) is 78.7 Å². The Morgan fingerprint density at radius 2 is 1.68 bits per heavy atom. The third-order valence-electron chi connectivity index (χ3n) is 10.8. The van der Waals surface area contributed by atoms with Crippen molar-refractivity contribution in [3.8, 4) is 0 Å². The van der Waals surface area contributed by atoms with Crippen molar-refractivity contribution in [1.29, 1.82) is 0 Å². The maximum absolute atomic E-state index is 6.49. The van der Waals surface area contributed by atoms with Crippen LogP contribution in [0.2, 0.25) is 0 Å². The lowest BCUT2D eigenvalue weighted by Gasteiger charge is -2.55. The summed E-state index contributed by atoms with van der Waals surface area (Å²) in [5.41, 5.74) is 7.02. The molecule has 0 bridgehead atoms. The topological polar surface area (TPSA) is 18.5 Å². The summed E-state index contributed by atoms with van der Waals surface area (Å²) in [5, 5.41) is 0. The Morgan fingerprint density at radius 3 is 2.38 bits per heavy atom. The van der Waals surface area contributed by atoms with Crippen LogP contribution in [0.5, 0.6) is 0 Å². The van der Waals surface area contributed by atoms with E-state index >= 15 is 0 Å². The smallest absolute Gasteiger partial charge is 0.169 e. The summed E-state index contributed by atoms with van der Waals surface area (Å²) in [4.78, 5) is 0. The zero-order valence-corrected chi connectivity index (χ0v) is 21.9. The molecule has 6 rings (SSSR count). The average molecular weight is 461 g/mol. The molecule has 1 heterocycles. The van der Waals surface area contributed by atoms with Gasteiger partial charge >= 0.3 is 0 Å². The molecule has 1 spiro atoms. The van der Waals surface area contributed by atoms with Crippen molar-refractivity contribution in [3.05, 3.63) is 53.1 Å². The van der Waals surface area contributed by atoms with E-state index in [9.17, 15) is 0 Å². The van der Waals surface area contributed by atoms with Gasteiger partial charge in [-0.2, -0.15) is 0 Å². The van der Waals surface area contributed by atoms with Crippen LogP contribution in [0.3, 0.4) is 0 Å². The fourth-order valence-electron chi connectivity index (χ4n) is 8.64. The van der Waals surface area contributed by atoms with Crippen molar-refractivity contribution in [2.45, 2.75) is 90.8 Å². The molecular weight excluding hydrogens is 416 g/mol. The number of hydrogen-bond acceptors (Lipinski definition) is 2. The molecule has 1 aliphatic heterocycles. The Kier molecular flexibility index (Phi) is 5.47. The SMILES string of the molecule is C=Cc1ccc(C2CC3(C)C(C)CCC3C3CCC4CC5(CCC4=C23)OCC(C)(C)CO5)cc1. The van der Waals surface area contributed by atoms with Crippen molar-refractivity contribution in [3.63, 3.8) is 0 Å². The average Bonchev–Trinajstić information content (AvgIpc) is 3.14. The molecule has 1 aromatic rings. The van der Waals surface area contributed by atoms with Crippen LogP contribution in [0.15, 0.2) is 42.0 Å². The summed E-state index contributed by atoms with van der Waals surface area (Å²) in [6, 6.07) is 9.35. The highest BCUT2D eigenvalue weighted by Crippen LogP contribution is 2.66. The summed E-state index contributed by atoms with van der Waals surface area (Å²) in [7, 11) is 0. The van der Waals surface area contributed by atoms with Gasteiger partial charge in [0, 0.05) is 24.2 Å². The molecule has 1 saturated heterocycles. The van der Waals surface area contributed by atoms with Crippen molar-refractivity contribution in [1.82, 2.24) is 0 Å². The van der Waals surface area contributed by atoms with E-state index in [1.165, 1.54) is 43.2 Å². The lowest BCUT2D eigenvalue weighted by molar-refractivity contribution is -0.312. The van der Waals surface area contributed by atoms with E-state index in [4.69, 9.17) is 9.47 Å². The molecule has 4 aliphatic carbocycles. The van der Waals surface area contributed by atoms with Crippen LogP contribution in [0, 0.1) is 34.5 Å². The highest BCUT2D eigenvalue weighted by Gasteiger charge is 2.57. The standard InChI is InChI=1S/C32H44O2/c1-6-22-8-10-23(11-9-22)27-18-31(5)21(2)7-14-28(31)26-13-12-24-17-32(16-15-25(24)29(26)27)33-19-30(3,4)20-34-32/h6,8-11,21,24,26-28H,1,7,12-20H2,2-5H3. The van der Waals surface area contributed by atoms with E-state index < -0.39 is 0 Å². The monoisotopic (exact) mass is 460 g/mol. The highest BCUT2D eigenvalue weighted by atomic mass is 16.7. The fourth-order valence-corrected chi connectivity index (χ4v) is 8.64. The Bertz CT molecular complexity index is 975. The molecule has 0 N–H and O–H groups in total. The zero-order valence-electron chi connectivity index (χ0n) is 21.9. The van der Waals surface area contributed by atoms with Gasteiger partial charge in [-0.25, -0.2) is 0 Å². The Hall–Kier alpha value is -1.38. The van der Waals surface area contributed by atoms with Crippen LogP contribution in [-0.2, 0) is 9.47 Å². The first-order valence-electron chi connectivity index (χ1n) is 14.0. The van der Waals surface area contributed by atoms with Gasteiger partial charge in [-0.3, -0.25) is 0 Å². The molecule has 34 heavy (non-hydrogen) atoms. The normalized spacial score (nSPS) is 40.4. The third kappa shape index (κ3) is 3.58. The van der Waals surface area contributed by atoms with Crippen LogP contribution in [0.25, 0.3) is 6.08 Å². The van der Waals surface area contributed by atoms with Crippen LogP contribution >= 0.6 is 0 Å². The number of allylic oxidation sites excluding steroid dienone is 2. The van der Waals surface area contributed by atoms with Crippen LogP contribution in [0.1, 0.15) is 96.1 Å². The van der Waals surface area contributed by atoms with Gasteiger partial charge in [0.15, 0.2) is 5.79 Å². The maximum atomic E-state index is 6.49. The van der Waals surface area contributed by atoms with Crippen LogP contribution in [-0.4, -0.2) is 19.0 Å². The molecule has 3 saturated carbocycles. The van der Waals surface area contributed by atoms with Gasteiger partial charge in [0.1, 0.15) is 0 Å². The largest absolute Gasteiger partial charge is 0.349 e. The van der Waals surface area contributed by atoms with Gasteiger partial charge in [-0.1, -0.05) is 75.8 Å². The molecule has 2 nitrogen and oxygen atoms in total. The first kappa shape index (κ1) is 23.0. The van der Waals surface area contributed by atoms with Crippen molar-refractivity contribution >= 4 is 6.08 Å². The number of hydrogen-bond donors (Lipinski definition) is 0. The van der Waals surface area contributed by atoms with Gasteiger partial charge in [0.05, 0.1) is 13.2 Å². The van der Waals surface area contributed by atoms with E-state index in [0.29, 0.717) is 17.3 Å². The summed E-state index contributed by atoms with van der Waals surface area (Å²) in [6.45, 7) is 15.3. The molecule has 0 radical (unpaired) electrons. The number of rotatable bonds is 2. The fraction of sp³-hybridized carbons (Fsp3) is 0.688. The second kappa shape index (κ2) is 8.07. The molecule has 184 valence electrons. The van der Waals surface area contributed by atoms with Gasteiger partial charge in [0.25, 0.3) is 0 Å². The lowest BCUT2D eigenvalue weighted by atomic mass is 9.51. The molecule has 2 heteroatoms. The highest BCUT2D eigenvalue weighted by molar-refractivity contribution is 5.49. The second-order valence-electron chi connectivity index (χ2n) is 13.4. The predicted molar refractivity (Wildman–Crippen MR) is 139 cm³/mol. The number of benzene rings is 1. The van der Waals surface area contributed by atoms with E-state index in [0.717, 1.165) is 50.2 Å². The number of ether oxygens (including phenoxy) is 2. The molecule has 5 aliphatic rings. The van der Waals surface area contributed by atoms with E-state index in [1.54, 1.807) is 5.57 Å². The van der Waals surface area contributed by atoms with Crippen molar-refractivity contribution < 1.29 is 9.47 Å². The maximum Gasteiger partial charge on any atom is 0.169 e. The zero-order chi connectivity index (χ0) is 23.7. The minimum atomic E-state index is -0.330. The summed E-state index contributed by atoms with van der Waals surface area (Å²) >= 11 is 0. The van der Waals surface area contributed by atoms with E-state index in [-0.39, 0.29) is 11.2 Å². The van der Waals surface area contributed by atoms with Gasteiger partial charge < -0.3 is 9.47 Å². The third-order valence-corrected chi connectivity index (χ3v) is 10.8. The molecule has 0 amide bonds. The van der Waals surface area contributed by atoms with Crippen molar-refractivity contribution in [2.24, 2.45) is 34.5 Å². The van der Waals surface area contributed by atoms with Gasteiger partial charge in [-0.15, -0.1) is 0 Å². The Morgan fingerprint density at radius 1 is 0.941 bits per heavy atom. The minimum absolute atomic E-state index is 0.136. The minimum Gasteiger partial charge on any atom is -0.349 e. The van der Waals surface area contributed by atoms with Crippen molar-refractivity contribution in [2.75, 3.05) is 13.2 Å².